The lowest BCUT2D eigenvalue weighted by Gasteiger charge is -2.09. The summed E-state index contributed by atoms with van der Waals surface area (Å²) in [4.78, 5) is 13.6. The van der Waals surface area contributed by atoms with Crippen molar-refractivity contribution >= 4 is 11.6 Å². The van der Waals surface area contributed by atoms with E-state index in [1.165, 1.54) is 0 Å². The van der Waals surface area contributed by atoms with Gasteiger partial charge in [0.1, 0.15) is 5.82 Å². The Hall–Kier alpha value is -2.70. The summed E-state index contributed by atoms with van der Waals surface area (Å²) >= 11 is 0. The molecule has 0 amide bonds. The van der Waals surface area contributed by atoms with E-state index in [4.69, 9.17) is 4.74 Å². The van der Waals surface area contributed by atoms with Crippen LogP contribution in [-0.2, 0) is 0 Å². The molecule has 0 atom stereocenters. The number of rotatable bonds is 5. The highest BCUT2D eigenvalue weighted by molar-refractivity contribution is 5.81. The van der Waals surface area contributed by atoms with Crippen LogP contribution >= 0.6 is 0 Å². The largest absolute Gasteiger partial charge is 0.481 e. The van der Waals surface area contributed by atoms with Crippen LogP contribution < -0.4 is 10.1 Å². The SMILES string of the molecule is CCCNc1nc(C)nc2c(-c3ccc(OC)nc3C)c(C)nn12. The summed E-state index contributed by atoms with van der Waals surface area (Å²) in [7, 11) is 1.62. The Balaban J connectivity index is 2.22. The Morgan fingerprint density at radius 3 is 2.54 bits per heavy atom. The van der Waals surface area contributed by atoms with Crippen LogP contribution in [0.3, 0.4) is 0 Å². The van der Waals surface area contributed by atoms with Crippen molar-refractivity contribution in [3.8, 4) is 17.0 Å². The molecule has 0 fully saturated rings. The maximum atomic E-state index is 5.20. The molecule has 0 saturated heterocycles. The Morgan fingerprint density at radius 1 is 1.08 bits per heavy atom. The smallest absolute Gasteiger partial charge is 0.227 e. The molecule has 126 valence electrons. The topological polar surface area (TPSA) is 77.2 Å². The zero-order valence-electron chi connectivity index (χ0n) is 14.7. The van der Waals surface area contributed by atoms with E-state index in [1.807, 2.05) is 32.9 Å². The fraction of sp³-hybridized carbons (Fsp3) is 0.412. The van der Waals surface area contributed by atoms with E-state index in [9.17, 15) is 0 Å². The minimum atomic E-state index is 0.599. The van der Waals surface area contributed by atoms with Crippen LogP contribution in [0.5, 0.6) is 5.88 Å². The number of pyridine rings is 1. The van der Waals surface area contributed by atoms with Crippen molar-refractivity contribution in [2.24, 2.45) is 0 Å². The van der Waals surface area contributed by atoms with Crippen molar-refractivity contribution in [3.63, 3.8) is 0 Å². The molecular formula is C17H22N6O. The van der Waals surface area contributed by atoms with Crippen LogP contribution in [-0.4, -0.2) is 38.2 Å². The third kappa shape index (κ3) is 2.77. The van der Waals surface area contributed by atoms with Crippen LogP contribution in [0, 0.1) is 20.8 Å². The number of nitrogens with zero attached hydrogens (tertiary/aromatic N) is 5. The van der Waals surface area contributed by atoms with E-state index in [0.29, 0.717) is 17.7 Å². The molecule has 7 heteroatoms. The standard InChI is InChI=1S/C17H22N6O/c1-6-9-18-17-21-12(4)20-16-15(11(3)22-23(16)17)13-7-8-14(24-5)19-10(13)2/h7-8H,6,9H2,1-5H3,(H,18,20,21). The molecule has 7 nitrogen and oxygen atoms in total. The summed E-state index contributed by atoms with van der Waals surface area (Å²) in [5.74, 6) is 2.02. The molecule has 0 aromatic carbocycles. The van der Waals surface area contributed by atoms with Gasteiger partial charge < -0.3 is 10.1 Å². The van der Waals surface area contributed by atoms with E-state index in [1.54, 1.807) is 11.6 Å². The van der Waals surface area contributed by atoms with Gasteiger partial charge in [-0.1, -0.05) is 6.92 Å². The van der Waals surface area contributed by atoms with Gasteiger partial charge in [-0.05, 0) is 33.3 Å². The monoisotopic (exact) mass is 326 g/mol. The van der Waals surface area contributed by atoms with Gasteiger partial charge in [0.25, 0.3) is 0 Å². The summed E-state index contributed by atoms with van der Waals surface area (Å²) in [5.41, 5.74) is 4.54. The molecule has 1 N–H and O–H groups in total. The lowest BCUT2D eigenvalue weighted by molar-refractivity contribution is 0.397. The summed E-state index contributed by atoms with van der Waals surface area (Å²) in [6.45, 7) is 8.79. The molecule has 3 heterocycles. The summed E-state index contributed by atoms with van der Waals surface area (Å²) in [6.07, 6.45) is 1.01. The molecule has 24 heavy (non-hydrogen) atoms. The lowest BCUT2D eigenvalue weighted by atomic mass is 10.1. The van der Waals surface area contributed by atoms with Gasteiger partial charge in [0.2, 0.25) is 11.8 Å². The molecule has 0 aliphatic rings. The quantitative estimate of drug-likeness (QED) is 0.777. The molecule has 3 rings (SSSR count). The summed E-state index contributed by atoms with van der Waals surface area (Å²) in [6, 6.07) is 3.86. The van der Waals surface area contributed by atoms with Gasteiger partial charge in [0.15, 0.2) is 5.65 Å². The van der Waals surface area contributed by atoms with Crippen molar-refractivity contribution in [2.75, 3.05) is 19.0 Å². The second-order valence-electron chi connectivity index (χ2n) is 5.70. The van der Waals surface area contributed by atoms with E-state index in [0.717, 1.165) is 41.1 Å². The predicted molar refractivity (Wildman–Crippen MR) is 93.6 cm³/mol. The van der Waals surface area contributed by atoms with Crippen LogP contribution in [0.1, 0.15) is 30.6 Å². The average Bonchev–Trinajstić information content (AvgIpc) is 2.88. The highest BCUT2D eigenvalue weighted by Crippen LogP contribution is 2.31. The third-order valence-corrected chi connectivity index (χ3v) is 3.84. The number of hydrogen-bond donors (Lipinski definition) is 1. The van der Waals surface area contributed by atoms with Gasteiger partial charge >= 0.3 is 0 Å². The number of fused-ring (bicyclic) bond motifs is 1. The number of aryl methyl sites for hydroxylation is 3. The Kier molecular flexibility index (Phi) is 4.33. The molecular weight excluding hydrogens is 304 g/mol. The first kappa shape index (κ1) is 16.2. The molecule has 0 radical (unpaired) electrons. The number of anilines is 1. The molecule has 0 aliphatic carbocycles. The second-order valence-corrected chi connectivity index (χ2v) is 5.70. The van der Waals surface area contributed by atoms with Crippen molar-refractivity contribution in [1.82, 2.24) is 24.6 Å². The normalized spacial score (nSPS) is 11.0. The molecule has 0 spiro atoms. The van der Waals surface area contributed by atoms with Crippen LogP contribution in [0.2, 0.25) is 0 Å². The number of nitrogens with one attached hydrogen (secondary N) is 1. The predicted octanol–water partition coefficient (Wildman–Crippen LogP) is 2.94. The van der Waals surface area contributed by atoms with E-state index in [-0.39, 0.29) is 0 Å². The van der Waals surface area contributed by atoms with Crippen LogP contribution in [0.15, 0.2) is 12.1 Å². The molecule has 0 unspecified atom stereocenters. The van der Waals surface area contributed by atoms with Gasteiger partial charge in [-0.25, -0.2) is 9.97 Å². The maximum Gasteiger partial charge on any atom is 0.227 e. The first-order chi connectivity index (χ1) is 11.5. The highest BCUT2D eigenvalue weighted by atomic mass is 16.5. The van der Waals surface area contributed by atoms with E-state index < -0.39 is 0 Å². The van der Waals surface area contributed by atoms with E-state index >= 15 is 0 Å². The Morgan fingerprint density at radius 2 is 1.88 bits per heavy atom. The van der Waals surface area contributed by atoms with Gasteiger partial charge in [-0.3, -0.25) is 0 Å². The van der Waals surface area contributed by atoms with Crippen molar-refractivity contribution in [3.05, 3.63) is 29.3 Å². The Bertz CT molecular complexity index is 886. The minimum Gasteiger partial charge on any atom is -0.481 e. The summed E-state index contributed by atoms with van der Waals surface area (Å²) < 4.78 is 6.97. The van der Waals surface area contributed by atoms with Gasteiger partial charge in [0.05, 0.1) is 18.4 Å². The molecule has 0 saturated carbocycles. The highest BCUT2D eigenvalue weighted by Gasteiger charge is 2.18. The fourth-order valence-electron chi connectivity index (χ4n) is 2.73. The number of hydrogen-bond acceptors (Lipinski definition) is 6. The van der Waals surface area contributed by atoms with Crippen LogP contribution in [0.4, 0.5) is 5.95 Å². The molecule has 3 aromatic rings. The van der Waals surface area contributed by atoms with Crippen molar-refractivity contribution < 1.29 is 4.74 Å². The van der Waals surface area contributed by atoms with E-state index in [2.05, 4.69) is 32.3 Å². The van der Waals surface area contributed by atoms with Crippen molar-refractivity contribution in [2.45, 2.75) is 34.1 Å². The first-order valence-corrected chi connectivity index (χ1v) is 8.05. The fourth-order valence-corrected chi connectivity index (χ4v) is 2.73. The summed E-state index contributed by atoms with van der Waals surface area (Å²) in [5, 5.41) is 7.95. The molecule has 3 aromatic heterocycles. The van der Waals surface area contributed by atoms with Gasteiger partial charge in [0, 0.05) is 23.9 Å². The minimum absolute atomic E-state index is 0.599. The molecule has 0 aliphatic heterocycles. The second kappa shape index (κ2) is 6.43. The van der Waals surface area contributed by atoms with Gasteiger partial charge in [-0.15, -0.1) is 0 Å². The van der Waals surface area contributed by atoms with Gasteiger partial charge in [-0.2, -0.15) is 14.6 Å². The lowest BCUT2D eigenvalue weighted by Crippen LogP contribution is -2.10. The third-order valence-electron chi connectivity index (χ3n) is 3.84. The van der Waals surface area contributed by atoms with Crippen molar-refractivity contribution in [1.29, 1.82) is 0 Å². The average molecular weight is 326 g/mol. The zero-order valence-corrected chi connectivity index (χ0v) is 14.7. The molecule has 0 bridgehead atoms. The first-order valence-electron chi connectivity index (χ1n) is 8.05. The number of ether oxygens (including phenoxy) is 1. The Labute approximate surface area is 141 Å². The van der Waals surface area contributed by atoms with Crippen LogP contribution in [0.25, 0.3) is 16.8 Å². The zero-order chi connectivity index (χ0) is 17.3. The number of aromatic nitrogens is 5. The maximum absolute atomic E-state index is 5.20. The number of methoxy groups -OCH3 is 1.